The zero-order valence-corrected chi connectivity index (χ0v) is 10.1. The maximum Gasteiger partial charge on any atom is 0.341 e. The Morgan fingerprint density at radius 3 is 2.84 bits per heavy atom. The number of nitrogens with zero attached hydrogens (tertiary/aromatic N) is 2. The topological polar surface area (TPSA) is 76.2 Å². The summed E-state index contributed by atoms with van der Waals surface area (Å²) in [4.78, 5) is 15.4. The van der Waals surface area contributed by atoms with Gasteiger partial charge >= 0.3 is 5.97 Å². The van der Waals surface area contributed by atoms with Crippen molar-refractivity contribution < 1.29 is 14.4 Å². The lowest BCUT2D eigenvalue weighted by Crippen LogP contribution is -1.99. The molecule has 0 amide bonds. The summed E-state index contributed by atoms with van der Waals surface area (Å²) in [5, 5.41) is 14.9. The number of fused-ring (bicyclic) bond motifs is 1. The number of aromatic carboxylic acids is 1. The third kappa shape index (κ3) is 1.76. The number of benzene rings is 1. The molecule has 5 heteroatoms. The first kappa shape index (κ1) is 11.4. The Labute approximate surface area is 108 Å². The zero-order chi connectivity index (χ0) is 13.4. The number of carboxylic acids is 1. The SMILES string of the molecule is Cc1onc(-c2cncc3ccccc23)c1C(=O)O. The molecule has 2 heterocycles. The van der Waals surface area contributed by atoms with Crippen molar-refractivity contribution in [2.75, 3.05) is 0 Å². The molecule has 5 nitrogen and oxygen atoms in total. The quantitative estimate of drug-likeness (QED) is 0.760. The molecule has 0 unspecified atom stereocenters. The summed E-state index contributed by atoms with van der Waals surface area (Å²) in [7, 11) is 0. The molecule has 0 atom stereocenters. The lowest BCUT2D eigenvalue weighted by atomic mass is 10.0. The number of hydrogen-bond donors (Lipinski definition) is 1. The van der Waals surface area contributed by atoms with E-state index in [0.717, 1.165) is 10.8 Å². The predicted molar refractivity (Wildman–Crippen MR) is 68.9 cm³/mol. The Kier molecular flexibility index (Phi) is 2.52. The maximum atomic E-state index is 11.3. The number of carbonyl (C=O) groups is 1. The smallest absolute Gasteiger partial charge is 0.341 e. The summed E-state index contributed by atoms with van der Waals surface area (Å²) in [6.07, 6.45) is 3.33. The van der Waals surface area contributed by atoms with Gasteiger partial charge in [-0.05, 0) is 12.3 Å². The van der Waals surface area contributed by atoms with Gasteiger partial charge in [-0.2, -0.15) is 0 Å². The minimum atomic E-state index is -1.05. The number of carboxylic acid groups (broad SMARTS) is 1. The summed E-state index contributed by atoms with van der Waals surface area (Å²) in [5.41, 5.74) is 1.06. The molecule has 0 aliphatic carbocycles. The molecule has 1 N–H and O–H groups in total. The van der Waals surface area contributed by atoms with Crippen LogP contribution in [0.3, 0.4) is 0 Å². The van der Waals surface area contributed by atoms with Crippen LogP contribution in [-0.2, 0) is 0 Å². The first-order valence-electron chi connectivity index (χ1n) is 5.71. The molecule has 0 radical (unpaired) electrons. The second-order valence-electron chi connectivity index (χ2n) is 4.18. The summed E-state index contributed by atoms with van der Waals surface area (Å²) < 4.78 is 5.00. The number of pyridine rings is 1. The highest BCUT2D eigenvalue weighted by Crippen LogP contribution is 2.30. The molecule has 0 aliphatic heterocycles. The molecule has 2 aromatic heterocycles. The van der Waals surface area contributed by atoms with Gasteiger partial charge in [0.25, 0.3) is 0 Å². The zero-order valence-electron chi connectivity index (χ0n) is 10.1. The number of hydrogen-bond acceptors (Lipinski definition) is 4. The first-order valence-corrected chi connectivity index (χ1v) is 5.71. The molecule has 0 fully saturated rings. The van der Waals surface area contributed by atoms with Gasteiger partial charge in [-0.1, -0.05) is 29.4 Å². The van der Waals surface area contributed by atoms with E-state index in [-0.39, 0.29) is 11.3 Å². The first-order chi connectivity index (χ1) is 9.18. The lowest BCUT2D eigenvalue weighted by Gasteiger charge is -2.03. The van der Waals surface area contributed by atoms with E-state index in [9.17, 15) is 9.90 Å². The van der Waals surface area contributed by atoms with Crippen molar-refractivity contribution in [3.05, 3.63) is 48.0 Å². The van der Waals surface area contributed by atoms with Gasteiger partial charge in [0.2, 0.25) is 0 Å². The minimum absolute atomic E-state index is 0.0816. The van der Waals surface area contributed by atoms with Crippen LogP contribution in [0.4, 0.5) is 0 Å². The molecule has 0 saturated heterocycles. The van der Waals surface area contributed by atoms with Crippen molar-refractivity contribution in [2.45, 2.75) is 6.92 Å². The largest absolute Gasteiger partial charge is 0.477 e. The Balaban J connectivity index is 2.34. The van der Waals surface area contributed by atoms with Gasteiger partial charge in [0.15, 0.2) is 0 Å². The molecule has 0 saturated carbocycles. The third-order valence-electron chi connectivity index (χ3n) is 3.00. The Morgan fingerprint density at radius 1 is 1.26 bits per heavy atom. The molecule has 3 aromatic rings. The minimum Gasteiger partial charge on any atom is -0.477 e. The molecular weight excluding hydrogens is 244 g/mol. The standard InChI is InChI=1S/C14H10N2O3/c1-8-12(14(17)18)13(16-19-8)11-7-15-6-9-4-2-3-5-10(9)11/h2-7H,1H3,(H,17,18). The summed E-state index contributed by atoms with van der Waals surface area (Å²) in [6, 6.07) is 7.61. The van der Waals surface area contributed by atoms with Gasteiger partial charge in [-0.3, -0.25) is 4.98 Å². The van der Waals surface area contributed by atoms with Crippen LogP contribution in [0.2, 0.25) is 0 Å². The normalized spacial score (nSPS) is 10.8. The fraction of sp³-hybridized carbons (Fsp3) is 0.0714. The number of aromatic nitrogens is 2. The van der Waals surface area contributed by atoms with E-state index in [1.54, 1.807) is 19.3 Å². The molecule has 94 valence electrons. The maximum absolute atomic E-state index is 11.3. The summed E-state index contributed by atoms with van der Waals surface area (Å²) in [6.45, 7) is 1.58. The summed E-state index contributed by atoms with van der Waals surface area (Å²) in [5.74, 6) is -0.767. The number of aryl methyl sites for hydroxylation is 1. The number of rotatable bonds is 2. The molecular formula is C14H10N2O3. The van der Waals surface area contributed by atoms with Crippen LogP contribution in [0.1, 0.15) is 16.1 Å². The van der Waals surface area contributed by atoms with Crippen LogP contribution in [0.5, 0.6) is 0 Å². The van der Waals surface area contributed by atoms with Gasteiger partial charge < -0.3 is 9.63 Å². The van der Waals surface area contributed by atoms with Crippen LogP contribution >= 0.6 is 0 Å². The average Bonchev–Trinajstić information content (AvgIpc) is 2.80. The molecule has 0 spiro atoms. The molecule has 0 bridgehead atoms. The van der Waals surface area contributed by atoms with Crippen LogP contribution < -0.4 is 0 Å². The highest BCUT2D eigenvalue weighted by atomic mass is 16.5. The van der Waals surface area contributed by atoms with Crippen LogP contribution in [0, 0.1) is 6.92 Å². The highest BCUT2D eigenvalue weighted by molar-refractivity contribution is 6.02. The molecule has 0 aliphatic rings. The highest BCUT2D eigenvalue weighted by Gasteiger charge is 2.22. The van der Waals surface area contributed by atoms with E-state index in [1.165, 1.54) is 0 Å². The fourth-order valence-corrected chi connectivity index (χ4v) is 2.11. The van der Waals surface area contributed by atoms with Gasteiger partial charge in [-0.25, -0.2) is 4.79 Å². The van der Waals surface area contributed by atoms with Crippen LogP contribution in [0.15, 0.2) is 41.2 Å². The van der Waals surface area contributed by atoms with E-state index in [0.29, 0.717) is 11.3 Å². The molecule has 19 heavy (non-hydrogen) atoms. The van der Waals surface area contributed by atoms with Crippen molar-refractivity contribution in [3.63, 3.8) is 0 Å². The van der Waals surface area contributed by atoms with Crippen LogP contribution in [-0.4, -0.2) is 21.2 Å². The lowest BCUT2D eigenvalue weighted by molar-refractivity contribution is 0.0696. The van der Waals surface area contributed by atoms with Crippen LogP contribution in [0.25, 0.3) is 22.0 Å². The van der Waals surface area contributed by atoms with Gasteiger partial charge in [0, 0.05) is 23.3 Å². The Bertz CT molecular complexity index is 772. The second kappa shape index (κ2) is 4.20. The van der Waals surface area contributed by atoms with Crippen molar-refractivity contribution >= 4 is 16.7 Å². The monoisotopic (exact) mass is 254 g/mol. The van der Waals surface area contributed by atoms with E-state index in [1.807, 2.05) is 24.3 Å². The predicted octanol–water partition coefficient (Wildman–Crippen LogP) is 2.90. The van der Waals surface area contributed by atoms with E-state index < -0.39 is 5.97 Å². The van der Waals surface area contributed by atoms with Gasteiger partial charge in [0.05, 0.1) is 0 Å². The van der Waals surface area contributed by atoms with Crippen molar-refractivity contribution in [1.82, 2.24) is 10.1 Å². The van der Waals surface area contributed by atoms with Gasteiger partial charge in [0.1, 0.15) is 17.0 Å². The van der Waals surface area contributed by atoms with Crippen molar-refractivity contribution in [3.8, 4) is 11.3 Å². The van der Waals surface area contributed by atoms with E-state index in [4.69, 9.17) is 4.52 Å². The fourth-order valence-electron chi connectivity index (χ4n) is 2.11. The van der Waals surface area contributed by atoms with E-state index >= 15 is 0 Å². The molecule has 1 aromatic carbocycles. The van der Waals surface area contributed by atoms with Gasteiger partial charge in [-0.15, -0.1) is 0 Å². The van der Waals surface area contributed by atoms with E-state index in [2.05, 4.69) is 10.1 Å². The Hall–Kier alpha value is -2.69. The van der Waals surface area contributed by atoms with Crippen molar-refractivity contribution in [2.24, 2.45) is 0 Å². The second-order valence-corrected chi connectivity index (χ2v) is 4.18. The molecule has 3 rings (SSSR count). The third-order valence-corrected chi connectivity index (χ3v) is 3.00. The van der Waals surface area contributed by atoms with Crippen molar-refractivity contribution in [1.29, 1.82) is 0 Å². The Morgan fingerprint density at radius 2 is 2.05 bits per heavy atom. The average molecular weight is 254 g/mol. The summed E-state index contributed by atoms with van der Waals surface area (Å²) >= 11 is 0.